The average molecular weight is 473 g/mol. The topological polar surface area (TPSA) is 102 Å². The minimum Gasteiger partial charge on any atom is -0.398 e. The van der Waals surface area contributed by atoms with E-state index < -0.39 is 0 Å². The largest absolute Gasteiger partial charge is 0.398 e. The standard InChI is InChI=1S/C28H32N4O3/c29-26-9-5-4-8-23(26)16-27(34)24-17-30-28(31-18-24)32-14-15-35-25(19-32)13-12-22(20-33)11-10-21-6-2-1-3-7-21/h1-11,17-18,22,25,33H,12-16,19-20,29H2/b11-10+. The van der Waals surface area contributed by atoms with E-state index in [1.807, 2.05) is 48.5 Å². The second kappa shape index (κ2) is 12.2. The highest BCUT2D eigenvalue weighted by Crippen LogP contribution is 2.20. The number of benzene rings is 2. The fourth-order valence-corrected chi connectivity index (χ4v) is 4.13. The molecule has 7 heteroatoms. The third-order valence-corrected chi connectivity index (χ3v) is 6.24. The summed E-state index contributed by atoms with van der Waals surface area (Å²) >= 11 is 0. The van der Waals surface area contributed by atoms with Crippen molar-refractivity contribution in [2.45, 2.75) is 25.4 Å². The van der Waals surface area contributed by atoms with Crippen LogP contribution in [-0.2, 0) is 11.2 Å². The number of nitrogens with two attached hydrogens (primary N) is 1. The first kappa shape index (κ1) is 24.6. The van der Waals surface area contributed by atoms with Crippen LogP contribution < -0.4 is 10.6 Å². The number of hydrogen-bond acceptors (Lipinski definition) is 7. The van der Waals surface area contributed by atoms with Crippen LogP contribution in [0.5, 0.6) is 0 Å². The van der Waals surface area contributed by atoms with Gasteiger partial charge in [0.2, 0.25) is 5.95 Å². The summed E-state index contributed by atoms with van der Waals surface area (Å²) in [5.41, 5.74) is 8.96. The molecule has 35 heavy (non-hydrogen) atoms. The number of hydrogen-bond donors (Lipinski definition) is 2. The highest BCUT2D eigenvalue weighted by Gasteiger charge is 2.23. The van der Waals surface area contributed by atoms with E-state index in [2.05, 4.69) is 27.0 Å². The van der Waals surface area contributed by atoms with Crippen molar-refractivity contribution in [1.29, 1.82) is 0 Å². The summed E-state index contributed by atoms with van der Waals surface area (Å²) in [5, 5.41) is 9.79. The number of morpholine rings is 1. The van der Waals surface area contributed by atoms with Gasteiger partial charge in [-0.3, -0.25) is 4.79 Å². The van der Waals surface area contributed by atoms with Gasteiger partial charge >= 0.3 is 0 Å². The summed E-state index contributed by atoms with van der Waals surface area (Å²) in [6.07, 6.45) is 9.21. The van der Waals surface area contributed by atoms with E-state index in [4.69, 9.17) is 10.5 Å². The molecule has 3 aromatic rings. The molecule has 2 aromatic carbocycles. The zero-order valence-corrected chi connectivity index (χ0v) is 19.8. The van der Waals surface area contributed by atoms with Gasteiger partial charge in [0.05, 0.1) is 18.3 Å². The monoisotopic (exact) mass is 472 g/mol. The first-order chi connectivity index (χ1) is 17.1. The van der Waals surface area contributed by atoms with Gasteiger partial charge in [0.1, 0.15) is 0 Å². The lowest BCUT2D eigenvalue weighted by molar-refractivity contribution is 0.0303. The van der Waals surface area contributed by atoms with Crippen molar-refractivity contribution < 1.29 is 14.6 Å². The van der Waals surface area contributed by atoms with Crippen molar-refractivity contribution >= 4 is 23.5 Å². The van der Waals surface area contributed by atoms with Crippen LogP contribution in [0.3, 0.4) is 0 Å². The van der Waals surface area contributed by atoms with Crippen molar-refractivity contribution in [3.8, 4) is 0 Å². The third-order valence-electron chi connectivity index (χ3n) is 6.24. The van der Waals surface area contributed by atoms with Gasteiger partial charge in [0, 0.05) is 50.1 Å². The summed E-state index contributed by atoms with van der Waals surface area (Å²) in [4.78, 5) is 23.6. The van der Waals surface area contributed by atoms with Gasteiger partial charge in [-0.1, -0.05) is 60.7 Å². The highest BCUT2D eigenvalue weighted by molar-refractivity contribution is 5.97. The van der Waals surface area contributed by atoms with Crippen LogP contribution in [0.25, 0.3) is 6.08 Å². The molecule has 4 rings (SSSR count). The van der Waals surface area contributed by atoms with E-state index in [0.717, 1.165) is 24.0 Å². The molecule has 2 atom stereocenters. The molecule has 0 saturated carbocycles. The van der Waals surface area contributed by atoms with Gasteiger partial charge in [-0.05, 0) is 30.0 Å². The van der Waals surface area contributed by atoms with E-state index in [1.165, 1.54) is 0 Å². The molecule has 1 aliphatic heterocycles. The van der Waals surface area contributed by atoms with Gasteiger partial charge in [-0.25, -0.2) is 9.97 Å². The number of carbonyl (C=O) groups excluding carboxylic acids is 1. The van der Waals surface area contributed by atoms with Crippen molar-refractivity contribution in [3.05, 3.63) is 89.8 Å². The fourth-order valence-electron chi connectivity index (χ4n) is 4.13. The van der Waals surface area contributed by atoms with Gasteiger partial charge in [-0.15, -0.1) is 0 Å². The first-order valence-electron chi connectivity index (χ1n) is 12.0. The van der Waals surface area contributed by atoms with Crippen molar-refractivity contribution in [2.75, 3.05) is 36.9 Å². The van der Waals surface area contributed by atoms with Crippen molar-refractivity contribution in [2.24, 2.45) is 5.92 Å². The Morgan fingerprint density at radius 1 is 1.14 bits per heavy atom. The van der Waals surface area contributed by atoms with Crippen LogP contribution in [0, 0.1) is 5.92 Å². The predicted octanol–water partition coefficient (Wildman–Crippen LogP) is 3.79. The second-order valence-corrected chi connectivity index (χ2v) is 8.80. The number of ketones is 1. The minimum atomic E-state index is -0.0621. The molecule has 1 aliphatic rings. The zero-order valence-electron chi connectivity index (χ0n) is 19.8. The normalized spacial score (nSPS) is 16.9. The lowest BCUT2D eigenvalue weighted by Gasteiger charge is -2.33. The zero-order chi connectivity index (χ0) is 24.5. The maximum absolute atomic E-state index is 12.6. The van der Waals surface area contributed by atoms with Crippen LogP contribution in [0.15, 0.2) is 73.1 Å². The number of anilines is 2. The minimum absolute atomic E-state index is 0.0360. The van der Waals surface area contributed by atoms with Crippen LogP contribution in [-0.4, -0.2) is 53.3 Å². The molecule has 3 N–H and O–H groups in total. The van der Waals surface area contributed by atoms with E-state index >= 15 is 0 Å². The van der Waals surface area contributed by atoms with E-state index in [1.54, 1.807) is 18.5 Å². The van der Waals surface area contributed by atoms with Gasteiger partial charge < -0.3 is 20.5 Å². The highest BCUT2D eigenvalue weighted by atomic mass is 16.5. The van der Waals surface area contributed by atoms with E-state index in [-0.39, 0.29) is 30.8 Å². The molecular weight excluding hydrogens is 440 g/mol. The summed E-state index contributed by atoms with van der Waals surface area (Å²) < 4.78 is 5.96. The number of Topliss-reactive ketones (excluding diaryl/α,β-unsaturated/α-hetero) is 1. The molecule has 2 heterocycles. The molecule has 0 aliphatic carbocycles. The Morgan fingerprint density at radius 2 is 1.89 bits per heavy atom. The van der Waals surface area contributed by atoms with Crippen LogP contribution in [0.1, 0.15) is 34.3 Å². The van der Waals surface area contributed by atoms with Crippen molar-refractivity contribution in [1.82, 2.24) is 9.97 Å². The molecule has 0 bridgehead atoms. The number of ether oxygens (including phenoxy) is 1. The number of aliphatic hydroxyl groups excluding tert-OH is 1. The van der Waals surface area contributed by atoms with Gasteiger partial charge in [0.15, 0.2) is 5.78 Å². The number of aliphatic hydroxyl groups is 1. The van der Waals surface area contributed by atoms with Crippen LogP contribution >= 0.6 is 0 Å². The molecule has 182 valence electrons. The number of rotatable bonds is 10. The van der Waals surface area contributed by atoms with Crippen LogP contribution in [0.4, 0.5) is 11.6 Å². The molecule has 0 amide bonds. The quantitative estimate of drug-likeness (QED) is 0.342. The Kier molecular flexibility index (Phi) is 8.59. The Balaban J connectivity index is 1.30. The van der Waals surface area contributed by atoms with Gasteiger partial charge in [-0.2, -0.15) is 0 Å². The maximum Gasteiger partial charge on any atom is 0.225 e. The predicted molar refractivity (Wildman–Crippen MR) is 138 cm³/mol. The Morgan fingerprint density at radius 3 is 2.63 bits per heavy atom. The number of para-hydroxylation sites is 1. The van der Waals surface area contributed by atoms with Gasteiger partial charge in [0.25, 0.3) is 0 Å². The average Bonchev–Trinajstić information content (AvgIpc) is 2.91. The maximum atomic E-state index is 12.6. The molecule has 1 saturated heterocycles. The lowest BCUT2D eigenvalue weighted by atomic mass is 9.99. The SMILES string of the molecule is Nc1ccccc1CC(=O)c1cnc(N2CCOC(CCC(/C=C/c3ccccc3)CO)C2)nc1. The summed E-state index contributed by atoms with van der Waals surface area (Å²) in [5.74, 6) is 0.610. The molecule has 1 fully saturated rings. The van der Waals surface area contributed by atoms with E-state index in [9.17, 15) is 9.90 Å². The van der Waals surface area contributed by atoms with E-state index in [0.29, 0.717) is 36.9 Å². The number of nitrogens with zero attached hydrogens (tertiary/aromatic N) is 3. The Labute approximate surface area is 206 Å². The first-order valence-corrected chi connectivity index (χ1v) is 12.0. The molecule has 7 nitrogen and oxygen atoms in total. The number of nitrogen functional groups attached to an aromatic ring is 1. The Bertz CT molecular complexity index is 1120. The van der Waals surface area contributed by atoms with Crippen molar-refractivity contribution in [3.63, 3.8) is 0 Å². The molecule has 0 radical (unpaired) electrons. The third kappa shape index (κ3) is 6.97. The number of aromatic nitrogens is 2. The molecule has 0 spiro atoms. The number of carbonyl (C=O) groups is 1. The summed E-state index contributed by atoms with van der Waals surface area (Å²) in [6.45, 7) is 2.06. The lowest BCUT2D eigenvalue weighted by Crippen LogP contribution is -2.43. The molecular formula is C28H32N4O3. The molecule has 2 unspecified atom stereocenters. The molecule has 1 aromatic heterocycles. The fraction of sp³-hybridized carbons (Fsp3) is 0.321. The smallest absolute Gasteiger partial charge is 0.225 e. The second-order valence-electron chi connectivity index (χ2n) is 8.80. The summed E-state index contributed by atoms with van der Waals surface area (Å²) in [6, 6.07) is 17.4. The Hall–Kier alpha value is -3.55. The van der Waals surface area contributed by atoms with Crippen LogP contribution in [0.2, 0.25) is 0 Å². The summed E-state index contributed by atoms with van der Waals surface area (Å²) in [7, 11) is 0.